The minimum Gasteiger partial charge on any atom is -0.460 e. The van der Waals surface area contributed by atoms with Crippen molar-refractivity contribution in [3.05, 3.63) is 18.2 Å². The monoisotopic (exact) mass is 267 g/mol. The standard InChI is InChI=1S/C13H18FN3O2/c14-10-7-15-13(16-8-10)19-12-1-4-17(5-2-12)11-3-6-18-9-11/h7-8,11-12H,1-6,9H2. The van der Waals surface area contributed by atoms with Crippen LogP contribution < -0.4 is 4.74 Å². The summed E-state index contributed by atoms with van der Waals surface area (Å²) in [5.74, 6) is -0.441. The topological polar surface area (TPSA) is 47.5 Å². The van der Waals surface area contributed by atoms with Crippen molar-refractivity contribution >= 4 is 0 Å². The van der Waals surface area contributed by atoms with Crippen LogP contribution in [0.2, 0.25) is 0 Å². The summed E-state index contributed by atoms with van der Waals surface area (Å²) in [7, 11) is 0. The molecule has 3 rings (SSSR count). The molecule has 1 aromatic rings. The number of aromatic nitrogens is 2. The van der Waals surface area contributed by atoms with Gasteiger partial charge >= 0.3 is 6.01 Å². The van der Waals surface area contributed by atoms with Gasteiger partial charge in [0.2, 0.25) is 0 Å². The third kappa shape index (κ3) is 3.19. The Morgan fingerprint density at radius 2 is 1.95 bits per heavy atom. The quantitative estimate of drug-likeness (QED) is 0.825. The second kappa shape index (κ2) is 5.79. The number of piperidine rings is 1. The van der Waals surface area contributed by atoms with E-state index in [1.165, 1.54) is 0 Å². The molecule has 2 aliphatic heterocycles. The first-order valence-electron chi connectivity index (χ1n) is 6.77. The Kier molecular flexibility index (Phi) is 3.89. The van der Waals surface area contributed by atoms with Gasteiger partial charge in [-0.3, -0.25) is 4.90 Å². The zero-order chi connectivity index (χ0) is 13.1. The molecule has 6 heteroatoms. The summed E-state index contributed by atoms with van der Waals surface area (Å²) in [5.41, 5.74) is 0. The summed E-state index contributed by atoms with van der Waals surface area (Å²) in [6.07, 6.45) is 5.44. The first kappa shape index (κ1) is 12.7. The van der Waals surface area contributed by atoms with Gasteiger partial charge < -0.3 is 9.47 Å². The summed E-state index contributed by atoms with van der Waals surface area (Å²) in [5, 5.41) is 0. The Bertz CT molecular complexity index is 401. The summed E-state index contributed by atoms with van der Waals surface area (Å²) in [6.45, 7) is 3.76. The molecule has 3 heterocycles. The molecule has 19 heavy (non-hydrogen) atoms. The molecular formula is C13H18FN3O2. The fourth-order valence-corrected chi connectivity index (χ4v) is 2.68. The molecule has 0 N–H and O–H groups in total. The fraction of sp³-hybridized carbons (Fsp3) is 0.692. The molecule has 0 aromatic carbocycles. The van der Waals surface area contributed by atoms with E-state index in [1.807, 2.05) is 0 Å². The second-order valence-corrected chi connectivity index (χ2v) is 5.05. The van der Waals surface area contributed by atoms with Crippen molar-refractivity contribution in [1.82, 2.24) is 14.9 Å². The van der Waals surface area contributed by atoms with Crippen molar-refractivity contribution in [1.29, 1.82) is 0 Å². The lowest BCUT2D eigenvalue weighted by Crippen LogP contribution is -2.44. The molecule has 0 spiro atoms. The van der Waals surface area contributed by atoms with Crippen molar-refractivity contribution in [3.8, 4) is 6.01 Å². The van der Waals surface area contributed by atoms with Gasteiger partial charge in [0.1, 0.15) is 6.10 Å². The lowest BCUT2D eigenvalue weighted by molar-refractivity contribution is 0.0635. The molecule has 1 unspecified atom stereocenters. The van der Waals surface area contributed by atoms with Crippen LogP contribution in [0.5, 0.6) is 6.01 Å². The predicted octanol–water partition coefficient (Wildman–Crippen LogP) is 1.25. The molecule has 0 amide bonds. The number of nitrogens with zero attached hydrogens (tertiary/aromatic N) is 3. The van der Waals surface area contributed by atoms with E-state index in [2.05, 4.69) is 14.9 Å². The SMILES string of the molecule is Fc1cnc(OC2CCN(C3CCOC3)CC2)nc1. The van der Waals surface area contributed by atoms with Gasteiger partial charge in [-0.2, -0.15) is 0 Å². The minimum absolute atomic E-state index is 0.129. The van der Waals surface area contributed by atoms with Crippen LogP contribution >= 0.6 is 0 Å². The zero-order valence-corrected chi connectivity index (χ0v) is 10.8. The Morgan fingerprint density at radius 1 is 1.21 bits per heavy atom. The maximum absolute atomic E-state index is 12.7. The van der Waals surface area contributed by atoms with Gasteiger partial charge in [-0.05, 0) is 19.3 Å². The van der Waals surface area contributed by atoms with Crippen molar-refractivity contribution in [2.24, 2.45) is 0 Å². The van der Waals surface area contributed by atoms with Crippen LogP contribution in [-0.4, -0.2) is 53.3 Å². The van der Waals surface area contributed by atoms with Gasteiger partial charge in [0.15, 0.2) is 5.82 Å². The lowest BCUT2D eigenvalue weighted by Gasteiger charge is -2.34. The largest absolute Gasteiger partial charge is 0.460 e. The second-order valence-electron chi connectivity index (χ2n) is 5.05. The van der Waals surface area contributed by atoms with E-state index in [-0.39, 0.29) is 12.1 Å². The Morgan fingerprint density at radius 3 is 2.58 bits per heavy atom. The van der Waals surface area contributed by atoms with E-state index in [1.54, 1.807) is 0 Å². The van der Waals surface area contributed by atoms with Crippen LogP contribution in [0.15, 0.2) is 12.4 Å². The molecule has 5 nitrogen and oxygen atoms in total. The molecule has 1 aromatic heterocycles. The maximum Gasteiger partial charge on any atom is 0.316 e. The number of hydrogen-bond donors (Lipinski definition) is 0. The molecule has 0 saturated carbocycles. The van der Waals surface area contributed by atoms with Crippen LogP contribution in [0, 0.1) is 5.82 Å². The number of rotatable bonds is 3. The van der Waals surface area contributed by atoms with Gasteiger partial charge in [-0.25, -0.2) is 14.4 Å². The highest BCUT2D eigenvalue weighted by molar-refractivity contribution is 4.97. The van der Waals surface area contributed by atoms with Crippen LogP contribution in [-0.2, 0) is 4.74 Å². The van der Waals surface area contributed by atoms with Crippen molar-refractivity contribution in [2.75, 3.05) is 26.3 Å². The van der Waals surface area contributed by atoms with E-state index in [4.69, 9.17) is 9.47 Å². The number of ether oxygens (including phenoxy) is 2. The first-order valence-corrected chi connectivity index (χ1v) is 6.77. The van der Waals surface area contributed by atoms with E-state index < -0.39 is 5.82 Å². The molecule has 2 saturated heterocycles. The van der Waals surface area contributed by atoms with E-state index >= 15 is 0 Å². The predicted molar refractivity (Wildman–Crippen MR) is 66.4 cm³/mol. The average Bonchev–Trinajstić information content (AvgIpc) is 2.96. The highest BCUT2D eigenvalue weighted by Crippen LogP contribution is 2.20. The average molecular weight is 267 g/mol. The number of likely N-dealkylation sites (tertiary alicyclic amines) is 1. The molecular weight excluding hydrogens is 249 g/mol. The summed E-state index contributed by atoms with van der Waals surface area (Å²) in [4.78, 5) is 10.1. The fourth-order valence-electron chi connectivity index (χ4n) is 2.68. The highest BCUT2D eigenvalue weighted by atomic mass is 19.1. The summed E-state index contributed by atoms with van der Waals surface area (Å²) < 4.78 is 23.8. The van der Waals surface area contributed by atoms with Gasteiger partial charge in [0.05, 0.1) is 19.0 Å². The van der Waals surface area contributed by atoms with E-state index in [0.29, 0.717) is 6.04 Å². The lowest BCUT2D eigenvalue weighted by atomic mass is 10.1. The van der Waals surface area contributed by atoms with Crippen LogP contribution in [0.4, 0.5) is 4.39 Å². The van der Waals surface area contributed by atoms with E-state index in [0.717, 1.165) is 58.0 Å². The smallest absolute Gasteiger partial charge is 0.316 e. The molecule has 0 bridgehead atoms. The molecule has 2 fully saturated rings. The highest BCUT2D eigenvalue weighted by Gasteiger charge is 2.28. The normalized spacial score (nSPS) is 25.6. The molecule has 0 aliphatic carbocycles. The van der Waals surface area contributed by atoms with Gasteiger partial charge in [0.25, 0.3) is 0 Å². The summed E-state index contributed by atoms with van der Waals surface area (Å²) in [6, 6.07) is 0.840. The Hall–Kier alpha value is -1.27. The van der Waals surface area contributed by atoms with E-state index in [9.17, 15) is 4.39 Å². The van der Waals surface area contributed by atoms with Crippen molar-refractivity contribution in [2.45, 2.75) is 31.4 Å². The van der Waals surface area contributed by atoms with Crippen molar-refractivity contribution in [3.63, 3.8) is 0 Å². The van der Waals surface area contributed by atoms with Crippen LogP contribution in [0.3, 0.4) is 0 Å². The van der Waals surface area contributed by atoms with Crippen LogP contribution in [0.25, 0.3) is 0 Å². The van der Waals surface area contributed by atoms with Gasteiger partial charge in [-0.15, -0.1) is 0 Å². The number of hydrogen-bond acceptors (Lipinski definition) is 5. The van der Waals surface area contributed by atoms with Crippen molar-refractivity contribution < 1.29 is 13.9 Å². The molecule has 0 radical (unpaired) electrons. The third-order valence-electron chi connectivity index (χ3n) is 3.77. The third-order valence-corrected chi connectivity index (χ3v) is 3.77. The minimum atomic E-state index is -0.441. The Labute approximate surface area is 111 Å². The zero-order valence-electron chi connectivity index (χ0n) is 10.8. The van der Waals surface area contributed by atoms with Gasteiger partial charge in [-0.1, -0.05) is 0 Å². The number of halogens is 1. The molecule has 1 atom stereocenters. The Balaban J connectivity index is 1.48. The first-order chi connectivity index (χ1) is 9.31. The molecule has 104 valence electrons. The van der Waals surface area contributed by atoms with Crippen LogP contribution in [0.1, 0.15) is 19.3 Å². The maximum atomic E-state index is 12.7. The van der Waals surface area contributed by atoms with Gasteiger partial charge in [0, 0.05) is 25.7 Å². The summed E-state index contributed by atoms with van der Waals surface area (Å²) >= 11 is 0. The molecule has 2 aliphatic rings.